The number of nitrogens with zero attached hydrogens (tertiary/aromatic N) is 1. The van der Waals surface area contributed by atoms with E-state index in [2.05, 4.69) is 5.32 Å². The molecule has 0 aromatic carbocycles. The highest BCUT2D eigenvalue weighted by Gasteiger charge is 2.23. The van der Waals surface area contributed by atoms with E-state index in [-0.39, 0.29) is 24.8 Å². The minimum atomic E-state index is -1.03. The third-order valence-electron chi connectivity index (χ3n) is 2.31. The van der Waals surface area contributed by atoms with Gasteiger partial charge in [-0.25, -0.2) is 0 Å². The van der Waals surface area contributed by atoms with Gasteiger partial charge in [-0.05, 0) is 0 Å². The van der Waals surface area contributed by atoms with Crippen LogP contribution in [0.5, 0.6) is 0 Å². The smallest absolute Gasteiger partial charge is 0.305 e. The van der Waals surface area contributed by atoms with Crippen LogP contribution in [0.1, 0.15) is 19.3 Å². The van der Waals surface area contributed by atoms with Gasteiger partial charge in [-0.15, -0.1) is 0 Å². The lowest BCUT2D eigenvalue weighted by Gasteiger charge is -2.10. The van der Waals surface area contributed by atoms with Gasteiger partial charge in [0.1, 0.15) is 0 Å². The Morgan fingerprint density at radius 2 is 1.58 bits per heavy atom. The van der Waals surface area contributed by atoms with E-state index in [1.54, 1.807) is 0 Å². The molecular weight excluding hydrogens is 256 g/mol. The van der Waals surface area contributed by atoms with Crippen LogP contribution in [0, 0.1) is 0 Å². The molecule has 8 heteroatoms. The van der Waals surface area contributed by atoms with Gasteiger partial charge in [0, 0.05) is 31.5 Å². The normalized spacial score (nSPS) is 17.4. The molecule has 0 unspecified atom stereocenters. The van der Waals surface area contributed by atoms with Crippen molar-refractivity contribution in [2.24, 2.45) is 0 Å². The summed E-state index contributed by atoms with van der Waals surface area (Å²) in [6, 6.07) is 0. The SMILES string of the molecule is O=C(O)CCN1C(=O)C=CC1=O.O=C1CCC(=O)N1. The number of rotatable bonds is 3. The predicted molar refractivity (Wildman–Crippen MR) is 60.5 cm³/mol. The van der Waals surface area contributed by atoms with Gasteiger partial charge in [-0.2, -0.15) is 0 Å². The molecule has 0 spiro atoms. The zero-order valence-corrected chi connectivity index (χ0v) is 9.92. The van der Waals surface area contributed by atoms with Gasteiger partial charge in [0.05, 0.1) is 6.42 Å². The number of nitrogens with one attached hydrogen (secondary N) is 1. The lowest BCUT2D eigenvalue weighted by Crippen LogP contribution is -2.31. The number of amides is 4. The van der Waals surface area contributed by atoms with Gasteiger partial charge in [-0.3, -0.25) is 34.2 Å². The van der Waals surface area contributed by atoms with Crippen LogP contribution in [-0.4, -0.2) is 46.1 Å². The van der Waals surface area contributed by atoms with E-state index >= 15 is 0 Å². The minimum Gasteiger partial charge on any atom is -0.481 e. The van der Waals surface area contributed by atoms with Crippen LogP contribution in [0.15, 0.2) is 12.2 Å². The topological polar surface area (TPSA) is 121 Å². The van der Waals surface area contributed by atoms with Crippen LogP contribution >= 0.6 is 0 Å². The predicted octanol–water partition coefficient (Wildman–Crippen LogP) is -1.19. The van der Waals surface area contributed by atoms with Crippen molar-refractivity contribution >= 4 is 29.6 Å². The molecule has 2 aliphatic heterocycles. The molecular formula is C11H12N2O6. The highest BCUT2D eigenvalue weighted by atomic mass is 16.4. The van der Waals surface area contributed by atoms with E-state index in [1.807, 2.05) is 0 Å². The molecule has 0 bridgehead atoms. The van der Waals surface area contributed by atoms with Crippen molar-refractivity contribution in [3.8, 4) is 0 Å². The molecule has 0 saturated carbocycles. The quantitative estimate of drug-likeness (QED) is 0.621. The maximum Gasteiger partial charge on any atom is 0.305 e. The van der Waals surface area contributed by atoms with Crippen LogP contribution < -0.4 is 5.32 Å². The maximum absolute atomic E-state index is 10.8. The van der Waals surface area contributed by atoms with E-state index < -0.39 is 17.8 Å². The van der Waals surface area contributed by atoms with Crippen molar-refractivity contribution in [2.45, 2.75) is 19.3 Å². The molecule has 4 amide bonds. The van der Waals surface area contributed by atoms with Crippen molar-refractivity contribution < 1.29 is 29.1 Å². The fourth-order valence-corrected chi connectivity index (χ4v) is 1.37. The van der Waals surface area contributed by atoms with E-state index in [0.29, 0.717) is 12.8 Å². The van der Waals surface area contributed by atoms with E-state index in [1.165, 1.54) is 0 Å². The molecule has 0 radical (unpaired) electrons. The monoisotopic (exact) mass is 268 g/mol. The van der Waals surface area contributed by atoms with E-state index in [0.717, 1.165) is 17.1 Å². The van der Waals surface area contributed by atoms with Crippen molar-refractivity contribution in [1.29, 1.82) is 0 Å². The summed E-state index contributed by atoms with van der Waals surface area (Å²) in [4.78, 5) is 52.9. The Bertz CT molecular complexity index is 436. The number of carbonyl (C=O) groups is 5. The Morgan fingerprint density at radius 1 is 1.11 bits per heavy atom. The second-order valence-corrected chi connectivity index (χ2v) is 3.78. The molecule has 1 fully saturated rings. The average Bonchev–Trinajstić information content (AvgIpc) is 2.84. The molecule has 102 valence electrons. The summed E-state index contributed by atoms with van der Waals surface area (Å²) in [6.45, 7) is -0.0556. The summed E-state index contributed by atoms with van der Waals surface area (Å²) in [5.41, 5.74) is 0. The molecule has 2 aliphatic rings. The Morgan fingerprint density at radius 3 is 1.89 bits per heavy atom. The fourth-order valence-electron chi connectivity index (χ4n) is 1.37. The summed E-state index contributed by atoms with van der Waals surface area (Å²) in [5, 5.41) is 10.4. The zero-order chi connectivity index (χ0) is 14.4. The molecule has 0 aromatic rings. The van der Waals surface area contributed by atoms with E-state index in [4.69, 9.17) is 5.11 Å². The second-order valence-electron chi connectivity index (χ2n) is 3.78. The first-order valence-electron chi connectivity index (χ1n) is 5.48. The summed E-state index contributed by atoms with van der Waals surface area (Å²) in [7, 11) is 0. The molecule has 8 nitrogen and oxygen atoms in total. The molecule has 2 N–H and O–H groups in total. The van der Waals surface area contributed by atoms with Gasteiger partial charge >= 0.3 is 5.97 Å². The van der Waals surface area contributed by atoms with Crippen molar-refractivity contribution in [3.63, 3.8) is 0 Å². The molecule has 2 heterocycles. The number of hydrogen-bond acceptors (Lipinski definition) is 5. The highest BCUT2D eigenvalue weighted by Crippen LogP contribution is 2.03. The lowest BCUT2D eigenvalue weighted by atomic mass is 10.4. The number of hydrogen-bond donors (Lipinski definition) is 2. The third kappa shape index (κ3) is 4.70. The standard InChI is InChI=1S/C7H7NO4.C4H5NO2/c9-5-1-2-6(10)8(5)4-3-7(11)12;6-3-1-2-4(7)5-3/h1-2H,3-4H2,(H,11,12);1-2H2,(H,5,6,7). The first-order chi connectivity index (χ1) is 8.90. The summed E-state index contributed by atoms with van der Waals surface area (Å²) in [5.74, 6) is -2.21. The van der Waals surface area contributed by atoms with Crippen molar-refractivity contribution in [1.82, 2.24) is 10.2 Å². The average molecular weight is 268 g/mol. The third-order valence-corrected chi connectivity index (χ3v) is 2.31. The largest absolute Gasteiger partial charge is 0.481 e. The molecule has 0 atom stereocenters. The van der Waals surface area contributed by atoms with Gasteiger partial charge in [0.15, 0.2) is 0 Å². The zero-order valence-electron chi connectivity index (χ0n) is 9.92. The van der Waals surface area contributed by atoms with Crippen LogP contribution in [0.25, 0.3) is 0 Å². The van der Waals surface area contributed by atoms with Crippen LogP contribution in [-0.2, 0) is 24.0 Å². The molecule has 0 aliphatic carbocycles. The number of carboxylic acid groups (broad SMARTS) is 1. The van der Waals surface area contributed by atoms with Crippen LogP contribution in [0.3, 0.4) is 0 Å². The lowest BCUT2D eigenvalue weighted by molar-refractivity contribution is -0.140. The van der Waals surface area contributed by atoms with Crippen molar-refractivity contribution in [2.75, 3.05) is 6.54 Å². The fraction of sp³-hybridized carbons (Fsp3) is 0.364. The van der Waals surface area contributed by atoms with Gasteiger partial charge in [0.25, 0.3) is 11.8 Å². The number of aliphatic carboxylic acids is 1. The first kappa shape index (κ1) is 14.6. The first-order valence-corrected chi connectivity index (χ1v) is 5.48. The summed E-state index contributed by atoms with van der Waals surface area (Å²) in [6.07, 6.45) is 2.80. The van der Waals surface area contributed by atoms with Gasteiger partial charge in [-0.1, -0.05) is 0 Å². The molecule has 2 rings (SSSR count). The van der Waals surface area contributed by atoms with E-state index in [9.17, 15) is 24.0 Å². The minimum absolute atomic E-state index is 0.0556. The Labute approximate surface area is 108 Å². The molecule has 0 aromatic heterocycles. The van der Waals surface area contributed by atoms with Gasteiger partial charge < -0.3 is 5.11 Å². The summed E-state index contributed by atoms with van der Waals surface area (Å²) < 4.78 is 0. The van der Waals surface area contributed by atoms with Gasteiger partial charge in [0.2, 0.25) is 11.8 Å². The summed E-state index contributed by atoms with van der Waals surface area (Å²) >= 11 is 0. The Balaban J connectivity index is 0.000000218. The number of carboxylic acids is 1. The molecule has 1 saturated heterocycles. The molecule has 19 heavy (non-hydrogen) atoms. The maximum atomic E-state index is 10.8. The Hall–Kier alpha value is -2.51. The second kappa shape index (κ2) is 6.43. The van der Waals surface area contributed by atoms with Crippen LogP contribution in [0.4, 0.5) is 0 Å². The Kier molecular flexibility index (Phi) is 4.92. The van der Waals surface area contributed by atoms with Crippen LogP contribution in [0.2, 0.25) is 0 Å². The highest BCUT2D eigenvalue weighted by molar-refractivity contribution is 6.12. The number of imide groups is 2. The van der Waals surface area contributed by atoms with Crippen molar-refractivity contribution in [3.05, 3.63) is 12.2 Å². The number of carbonyl (C=O) groups excluding carboxylic acids is 4.